The summed E-state index contributed by atoms with van der Waals surface area (Å²) in [5.74, 6) is 0.178. The second kappa shape index (κ2) is 6.22. The smallest absolute Gasteiger partial charge is 0.316 e. The van der Waals surface area contributed by atoms with Gasteiger partial charge in [-0.3, -0.25) is 4.79 Å². The summed E-state index contributed by atoms with van der Waals surface area (Å²) in [6.07, 6.45) is 5.40. The van der Waals surface area contributed by atoms with Gasteiger partial charge in [-0.05, 0) is 31.0 Å². The van der Waals surface area contributed by atoms with E-state index in [2.05, 4.69) is 10.6 Å². The van der Waals surface area contributed by atoms with E-state index in [0.717, 1.165) is 25.7 Å². The van der Waals surface area contributed by atoms with Crippen LogP contribution in [0.1, 0.15) is 32.1 Å². The van der Waals surface area contributed by atoms with Gasteiger partial charge in [0.15, 0.2) is 0 Å². The predicted molar refractivity (Wildman–Crippen MR) is 74.9 cm³/mol. The molecule has 19 heavy (non-hydrogen) atoms. The maximum absolute atomic E-state index is 12.1. The average Bonchev–Trinajstić information content (AvgIpc) is 2.39. The Morgan fingerprint density at radius 2 is 1.68 bits per heavy atom. The molecular formula is C14H19N3O2. The van der Waals surface area contributed by atoms with Crippen LogP contribution >= 0.6 is 0 Å². The number of amides is 3. The van der Waals surface area contributed by atoms with Crippen LogP contribution in [0.15, 0.2) is 24.3 Å². The maximum atomic E-state index is 12.1. The molecule has 1 aliphatic carbocycles. The first kappa shape index (κ1) is 13.4. The number of carbonyl (C=O) groups excluding carboxylic acids is 2. The van der Waals surface area contributed by atoms with Crippen LogP contribution < -0.4 is 16.4 Å². The van der Waals surface area contributed by atoms with Gasteiger partial charge in [0.1, 0.15) is 0 Å². The van der Waals surface area contributed by atoms with Crippen LogP contribution in [-0.4, -0.2) is 11.9 Å². The van der Waals surface area contributed by atoms with E-state index >= 15 is 0 Å². The molecule has 102 valence electrons. The highest BCUT2D eigenvalue weighted by Crippen LogP contribution is 2.25. The van der Waals surface area contributed by atoms with E-state index in [1.807, 2.05) is 0 Å². The molecule has 1 fully saturated rings. The minimum Gasteiger partial charge on any atom is -0.351 e. The number of primary amides is 1. The van der Waals surface area contributed by atoms with Gasteiger partial charge in [-0.15, -0.1) is 0 Å². The number of hydrogen-bond donors (Lipinski definition) is 3. The molecule has 1 saturated carbocycles. The molecule has 4 N–H and O–H groups in total. The maximum Gasteiger partial charge on any atom is 0.316 e. The molecule has 0 spiro atoms. The van der Waals surface area contributed by atoms with Gasteiger partial charge >= 0.3 is 6.03 Å². The van der Waals surface area contributed by atoms with Gasteiger partial charge in [0.05, 0.1) is 0 Å². The van der Waals surface area contributed by atoms with Gasteiger partial charge in [0.2, 0.25) is 5.91 Å². The van der Waals surface area contributed by atoms with Crippen LogP contribution in [0.5, 0.6) is 0 Å². The van der Waals surface area contributed by atoms with Gasteiger partial charge < -0.3 is 16.4 Å². The van der Waals surface area contributed by atoms with Crippen molar-refractivity contribution >= 4 is 23.3 Å². The van der Waals surface area contributed by atoms with Crippen molar-refractivity contribution in [3.8, 4) is 0 Å². The highest BCUT2D eigenvalue weighted by atomic mass is 16.2. The van der Waals surface area contributed by atoms with Gasteiger partial charge in [-0.1, -0.05) is 25.3 Å². The molecule has 1 aromatic carbocycles. The van der Waals surface area contributed by atoms with Crippen LogP contribution in [0, 0.1) is 5.92 Å². The molecule has 5 nitrogen and oxygen atoms in total. The van der Waals surface area contributed by atoms with E-state index in [1.165, 1.54) is 6.42 Å². The third kappa shape index (κ3) is 3.98. The number of urea groups is 1. The van der Waals surface area contributed by atoms with Crippen molar-refractivity contribution in [2.45, 2.75) is 32.1 Å². The molecule has 1 aromatic rings. The molecule has 0 bridgehead atoms. The zero-order valence-corrected chi connectivity index (χ0v) is 10.8. The lowest BCUT2D eigenvalue weighted by atomic mass is 9.88. The molecule has 3 amide bonds. The second-order valence-corrected chi connectivity index (χ2v) is 4.89. The van der Waals surface area contributed by atoms with Gasteiger partial charge in [-0.25, -0.2) is 4.79 Å². The Morgan fingerprint density at radius 3 is 2.32 bits per heavy atom. The largest absolute Gasteiger partial charge is 0.351 e. The normalized spacial score (nSPS) is 15.8. The predicted octanol–water partition coefficient (Wildman–Crippen LogP) is 2.70. The molecule has 0 atom stereocenters. The molecule has 0 radical (unpaired) electrons. The zero-order chi connectivity index (χ0) is 13.7. The van der Waals surface area contributed by atoms with Gasteiger partial charge in [0, 0.05) is 17.3 Å². The lowest BCUT2D eigenvalue weighted by Gasteiger charge is -2.20. The number of benzene rings is 1. The average molecular weight is 261 g/mol. The number of nitrogens with two attached hydrogens (primary N) is 1. The molecule has 5 heteroatoms. The Kier molecular flexibility index (Phi) is 4.39. The molecule has 0 saturated heterocycles. The highest BCUT2D eigenvalue weighted by Gasteiger charge is 2.20. The third-order valence-electron chi connectivity index (χ3n) is 3.37. The molecule has 0 unspecified atom stereocenters. The number of rotatable bonds is 3. The quantitative estimate of drug-likeness (QED) is 0.781. The number of nitrogens with one attached hydrogen (secondary N) is 2. The van der Waals surface area contributed by atoms with Crippen LogP contribution in [0.25, 0.3) is 0 Å². The molecule has 2 rings (SSSR count). The summed E-state index contributed by atoms with van der Waals surface area (Å²) in [6.45, 7) is 0. The van der Waals surface area contributed by atoms with Crippen molar-refractivity contribution < 1.29 is 9.59 Å². The Labute approximate surface area is 112 Å². The fourth-order valence-corrected chi connectivity index (χ4v) is 2.43. The minimum absolute atomic E-state index is 0.0657. The second-order valence-electron chi connectivity index (χ2n) is 4.89. The highest BCUT2D eigenvalue weighted by molar-refractivity contribution is 5.94. The summed E-state index contributed by atoms with van der Waals surface area (Å²) in [6, 6.07) is 6.37. The van der Waals surface area contributed by atoms with Crippen molar-refractivity contribution in [1.82, 2.24) is 0 Å². The number of hydrogen-bond acceptors (Lipinski definition) is 2. The minimum atomic E-state index is -0.615. The van der Waals surface area contributed by atoms with E-state index in [1.54, 1.807) is 24.3 Å². The first-order chi connectivity index (χ1) is 9.15. The summed E-state index contributed by atoms with van der Waals surface area (Å²) in [4.78, 5) is 22.9. The van der Waals surface area contributed by atoms with Crippen molar-refractivity contribution in [1.29, 1.82) is 0 Å². The van der Waals surface area contributed by atoms with E-state index in [-0.39, 0.29) is 11.8 Å². The third-order valence-corrected chi connectivity index (χ3v) is 3.37. The monoisotopic (exact) mass is 261 g/mol. The first-order valence-corrected chi connectivity index (χ1v) is 6.62. The van der Waals surface area contributed by atoms with Crippen molar-refractivity contribution in [3.63, 3.8) is 0 Å². The summed E-state index contributed by atoms with van der Waals surface area (Å²) in [5.41, 5.74) is 6.32. The fourth-order valence-electron chi connectivity index (χ4n) is 2.43. The Bertz CT molecular complexity index is 468. The topological polar surface area (TPSA) is 84.2 Å². The van der Waals surface area contributed by atoms with E-state index in [0.29, 0.717) is 11.4 Å². The summed E-state index contributed by atoms with van der Waals surface area (Å²) >= 11 is 0. The van der Waals surface area contributed by atoms with E-state index in [9.17, 15) is 9.59 Å². The molecule has 0 aromatic heterocycles. The standard InChI is InChI=1S/C14H19N3O2/c15-14(19)17-12-8-4-7-11(9-12)16-13(18)10-5-2-1-3-6-10/h4,7-10H,1-3,5-6H2,(H,16,18)(H3,15,17,19). The molecular weight excluding hydrogens is 242 g/mol. The summed E-state index contributed by atoms with van der Waals surface area (Å²) < 4.78 is 0. The lowest BCUT2D eigenvalue weighted by molar-refractivity contribution is -0.120. The number of anilines is 2. The Hall–Kier alpha value is -2.04. The summed E-state index contributed by atoms with van der Waals surface area (Å²) in [5, 5.41) is 5.38. The van der Waals surface area contributed by atoms with Crippen molar-refractivity contribution in [2.24, 2.45) is 11.7 Å². The zero-order valence-electron chi connectivity index (χ0n) is 10.8. The van der Waals surface area contributed by atoms with Crippen molar-refractivity contribution in [2.75, 3.05) is 10.6 Å². The Morgan fingerprint density at radius 1 is 1.05 bits per heavy atom. The SMILES string of the molecule is NC(=O)Nc1cccc(NC(=O)C2CCCCC2)c1. The first-order valence-electron chi connectivity index (χ1n) is 6.62. The molecule has 0 heterocycles. The van der Waals surface area contributed by atoms with Crippen LogP contribution in [-0.2, 0) is 4.79 Å². The lowest BCUT2D eigenvalue weighted by Crippen LogP contribution is -2.25. The molecule has 0 aliphatic heterocycles. The fraction of sp³-hybridized carbons (Fsp3) is 0.429. The summed E-state index contributed by atoms with van der Waals surface area (Å²) in [7, 11) is 0. The van der Waals surface area contributed by atoms with Crippen LogP contribution in [0.4, 0.5) is 16.2 Å². The molecule has 1 aliphatic rings. The van der Waals surface area contributed by atoms with Crippen molar-refractivity contribution in [3.05, 3.63) is 24.3 Å². The van der Waals surface area contributed by atoms with E-state index in [4.69, 9.17) is 5.73 Å². The van der Waals surface area contributed by atoms with Gasteiger partial charge in [-0.2, -0.15) is 0 Å². The van der Waals surface area contributed by atoms with Crippen LogP contribution in [0.3, 0.4) is 0 Å². The van der Waals surface area contributed by atoms with E-state index < -0.39 is 6.03 Å². The Balaban J connectivity index is 1.97. The number of carbonyl (C=O) groups is 2. The van der Waals surface area contributed by atoms with Gasteiger partial charge in [0.25, 0.3) is 0 Å². The van der Waals surface area contributed by atoms with Crippen LogP contribution in [0.2, 0.25) is 0 Å².